The van der Waals surface area contributed by atoms with Crippen LogP contribution in [0, 0.1) is 81.9 Å². The number of ketones is 1. The van der Waals surface area contributed by atoms with Crippen LogP contribution in [0.4, 0.5) is 43.9 Å². The molecule has 0 aliphatic carbocycles. The number of rotatable bonds is 1. The first-order valence-corrected chi connectivity index (χ1v) is 15.0. The Hall–Kier alpha value is -5.85. The van der Waals surface area contributed by atoms with E-state index in [0.717, 1.165) is 11.3 Å². The molecule has 7 rings (SSSR count). The highest BCUT2D eigenvalue weighted by Gasteiger charge is 2.26. The molecule has 0 aliphatic heterocycles. The fraction of sp³-hybridized carbons (Fsp3) is 0.0263. The van der Waals surface area contributed by atoms with Crippen molar-refractivity contribution in [3.8, 4) is 23.7 Å². The molecule has 0 aliphatic rings. The fourth-order valence-electron chi connectivity index (χ4n) is 5.57. The van der Waals surface area contributed by atoms with Gasteiger partial charge in [0.15, 0.2) is 52.3 Å². The largest absolute Gasteiger partial charge is 0.294 e. The molecule has 0 fully saturated rings. The van der Waals surface area contributed by atoms with Crippen molar-refractivity contribution >= 4 is 59.5 Å². The Kier molecular flexibility index (Phi) is 7.80. The lowest BCUT2D eigenvalue weighted by molar-refractivity contribution is 0.102. The molecule has 12 heteroatoms. The van der Waals surface area contributed by atoms with Gasteiger partial charge in [-0.05, 0) is 69.6 Å². The summed E-state index contributed by atoms with van der Waals surface area (Å²) in [5.74, 6) is -13.3. The lowest BCUT2D eigenvalue weighted by atomic mass is 9.89. The lowest BCUT2D eigenvalue weighted by Crippen LogP contribution is -2.04. The maximum atomic E-state index is 14.7. The quantitative estimate of drug-likeness (QED) is 0.0415. The molecule has 7 aromatic rings. The van der Waals surface area contributed by atoms with Crippen LogP contribution < -0.4 is 0 Å². The Morgan fingerprint density at radius 1 is 0.460 bits per heavy atom. The number of carbonyl (C=O) groups excluding carboxylic acids is 1. The molecule has 0 bridgehead atoms. The summed E-state index contributed by atoms with van der Waals surface area (Å²) in [7, 11) is 0. The molecule has 50 heavy (non-hydrogen) atoms. The van der Waals surface area contributed by atoms with E-state index in [1.807, 2.05) is 0 Å². The van der Waals surface area contributed by atoms with Gasteiger partial charge in [0.2, 0.25) is 11.6 Å². The Bertz CT molecular complexity index is 2570. The molecule has 0 N–H and O–H groups in total. The van der Waals surface area contributed by atoms with E-state index in [4.69, 9.17) is 0 Å². The summed E-state index contributed by atoms with van der Waals surface area (Å²) < 4.78 is 143. The van der Waals surface area contributed by atoms with Crippen molar-refractivity contribution in [1.82, 2.24) is 0 Å². The van der Waals surface area contributed by atoms with Crippen LogP contribution in [-0.4, -0.2) is 5.78 Å². The van der Waals surface area contributed by atoms with E-state index in [0.29, 0.717) is 25.7 Å². The van der Waals surface area contributed by atoms with Crippen molar-refractivity contribution in [1.29, 1.82) is 0 Å². The number of fused-ring (bicyclic) bond motifs is 4. The second-order valence-corrected chi connectivity index (χ2v) is 12.1. The van der Waals surface area contributed by atoms with Gasteiger partial charge in [0.25, 0.3) is 0 Å². The molecule has 1 aromatic heterocycles. The van der Waals surface area contributed by atoms with Crippen molar-refractivity contribution in [2.45, 2.75) is 6.92 Å². The fourth-order valence-corrected chi connectivity index (χ4v) is 6.55. The first kappa shape index (κ1) is 32.7. The van der Waals surface area contributed by atoms with Gasteiger partial charge in [-0.1, -0.05) is 47.9 Å². The third-order valence-electron chi connectivity index (χ3n) is 8.01. The number of hydrogen-bond acceptors (Lipinski definition) is 2. The molecule has 6 aromatic carbocycles. The zero-order valence-corrected chi connectivity index (χ0v) is 25.6. The SMILES string of the molecule is CC(=O)c1cc2cc3c(C#Cc4c(F)c(F)c(F)c(F)c4F)c4cc5ccccc5cc4c(C#Cc4c(F)c(F)c(F)c(F)c4F)c3cc2s1. The van der Waals surface area contributed by atoms with Crippen LogP contribution in [0.1, 0.15) is 38.8 Å². The van der Waals surface area contributed by atoms with Crippen molar-refractivity contribution in [3.05, 3.63) is 140 Å². The van der Waals surface area contributed by atoms with Gasteiger partial charge in [-0.2, -0.15) is 0 Å². The van der Waals surface area contributed by atoms with E-state index in [-0.39, 0.29) is 38.5 Å². The monoisotopic (exact) mass is 706 g/mol. The van der Waals surface area contributed by atoms with Crippen LogP contribution in [-0.2, 0) is 0 Å². The molecule has 1 nitrogen and oxygen atoms in total. The van der Waals surface area contributed by atoms with Gasteiger partial charge in [-0.25, -0.2) is 43.9 Å². The summed E-state index contributed by atoms with van der Waals surface area (Å²) in [6.07, 6.45) is 0. The van der Waals surface area contributed by atoms with Crippen molar-refractivity contribution in [2.24, 2.45) is 0 Å². The highest BCUT2D eigenvalue weighted by molar-refractivity contribution is 7.20. The van der Waals surface area contributed by atoms with Crippen LogP contribution in [0.2, 0.25) is 0 Å². The zero-order chi connectivity index (χ0) is 35.8. The number of halogens is 10. The van der Waals surface area contributed by atoms with Gasteiger partial charge in [0, 0.05) is 21.2 Å². The normalized spacial score (nSPS) is 11.3. The number of Topliss-reactive ketones (excluding diaryl/α,β-unsaturated/α-hetero) is 1. The van der Waals surface area contributed by atoms with E-state index in [2.05, 4.69) is 23.7 Å². The molecule has 0 saturated carbocycles. The highest BCUT2D eigenvalue weighted by Crippen LogP contribution is 2.39. The smallest absolute Gasteiger partial charge is 0.200 e. The summed E-state index contributed by atoms with van der Waals surface area (Å²) >= 11 is 1.07. The van der Waals surface area contributed by atoms with Crippen LogP contribution in [0.25, 0.3) is 42.4 Å². The van der Waals surface area contributed by atoms with Crippen molar-refractivity contribution in [2.75, 3.05) is 0 Å². The topological polar surface area (TPSA) is 17.1 Å². The molecule has 0 unspecified atom stereocenters. The molecule has 1 heterocycles. The van der Waals surface area contributed by atoms with Crippen molar-refractivity contribution < 1.29 is 48.7 Å². The third-order valence-corrected chi connectivity index (χ3v) is 9.21. The van der Waals surface area contributed by atoms with E-state index >= 15 is 0 Å². The second kappa shape index (κ2) is 11.9. The predicted octanol–water partition coefficient (Wildman–Crippen LogP) is 10.8. The zero-order valence-electron chi connectivity index (χ0n) is 24.8. The summed E-state index contributed by atoms with van der Waals surface area (Å²) in [5, 5.41) is 2.36. The molecule has 0 saturated heterocycles. The summed E-state index contributed by atoms with van der Waals surface area (Å²) in [5.41, 5.74) is -2.81. The maximum absolute atomic E-state index is 14.7. The second-order valence-electron chi connectivity index (χ2n) is 11.0. The van der Waals surface area contributed by atoms with E-state index in [9.17, 15) is 48.7 Å². The van der Waals surface area contributed by atoms with Crippen molar-refractivity contribution in [3.63, 3.8) is 0 Å². The molecule has 246 valence electrons. The van der Waals surface area contributed by atoms with Crippen LogP contribution in [0.15, 0.2) is 54.6 Å². The lowest BCUT2D eigenvalue weighted by Gasteiger charge is -2.13. The van der Waals surface area contributed by atoms with E-state index in [1.165, 1.54) is 19.1 Å². The first-order chi connectivity index (χ1) is 23.8. The van der Waals surface area contributed by atoms with Crippen LogP contribution >= 0.6 is 11.3 Å². The number of carbonyl (C=O) groups is 1. The number of hydrogen-bond donors (Lipinski definition) is 0. The predicted molar refractivity (Wildman–Crippen MR) is 169 cm³/mol. The molecule has 0 spiro atoms. The molecule has 0 radical (unpaired) electrons. The standard InChI is InChI=1S/C38H12F10OS/c1-15(49)27-13-18-12-25-19(6-8-21-29(39)33(43)37(47)34(44)30(21)40)23-10-16-4-2-3-5-17(16)11-24(23)20(26(25)14-28(18)50-27)7-9-22-31(41)35(45)38(48)36(46)32(22)42/h2-5,10-14H,1H3. The summed E-state index contributed by atoms with van der Waals surface area (Å²) in [4.78, 5) is 12.5. The minimum atomic E-state index is -2.37. The van der Waals surface area contributed by atoms with E-state index in [1.54, 1.807) is 42.5 Å². The average Bonchev–Trinajstić information content (AvgIpc) is 3.54. The van der Waals surface area contributed by atoms with Gasteiger partial charge in [-0.15, -0.1) is 11.3 Å². The van der Waals surface area contributed by atoms with Gasteiger partial charge < -0.3 is 0 Å². The third kappa shape index (κ3) is 5.03. The summed E-state index contributed by atoms with van der Waals surface area (Å²) in [6, 6.07) is 14.5. The molecular formula is C38H12F10OS. The number of benzene rings is 6. The Morgan fingerprint density at radius 2 is 0.800 bits per heavy atom. The first-order valence-electron chi connectivity index (χ1n) is 14.2. The molecule has 0 amide bonds. The van der Waals surface area contributed by atoms with E-state index < -0.39 is 69.3 Å². The Labute approximate surface area is 278 Å². The van der Waals surface area contributed by atoms with Gasteiger partial charge in [0.1, 0.15) is 11.1 Å². The number of thiophene rings is 1. The minimum absolute atomic E-state index is 0.00366. The summed E-state index contributed by atoms with van der Waals surface area (Å²) in [6.45, 7) is 1.33. The van der Waals surface area contributed by atoms with Gasteiger partial charge >= 0.3 is 0 Å². The Balaban J connectivity index is 1.66. The van der Waals surface area contributed by atoms with Gasteiger partial charge in [0.05, 0.1) is 4.88 Å². The minimum Gasteiger partial charge on any atom is -0.294 e. The van der Waals surface area contributed by atoms with Crippen LogP contribution in [0.3, 0.4) is 0 Å². The molecule has 0 atom stereocenters. The molecular weight excluding hydrogens is 694 g/mol. The van der Waals surface area contributed by atoms with Gasteiger partial charge in [-0.3, -0.25) is 4.79 Å². The van der Waals surface area contributed by atoms with Crippen LogP contribution in [0.5, 0.6) is 0 Å². The maximum Gasteiger partial charge on any atom is 0.200 e. The Morgan fingerprint density at radius 3 is 1.20 bits per heavy atom. The average molecular weight is 707 g/mol. The highest BCUT2D eigenvalue weighted by atomic mass is 32.1.